The van der Waals surface area contributed by atoms with Gasteiger partial charge in [-0.15, -0.1) is 0 Å². The van der Waals surface area contributed by atoms with Gasteiger partial charge < -0.3 is 4.98 Å². The third-order valence-electron chi connectivity index (χ3n) is 2.02. The van der Waals surface area contributed by atoms with E-state index < -0.39 is 0 Å². The van der Waals surface area contributed by atoms with Gasteiger partial charge in [-0.05, 0) is 25.5 Å². The molecule has 0 unspecified atom stereocenters. The smallest absolute Gasteiger partial charge is 0.137 e. The van der Waals surface area contributed by atoms with E-state index in [0.717, 1.165) is 5.65 Å². The number of aromatic amines is 1. The fourth-order valence-electron chi connectivity index (χ4n) is 1.22. The molecule has 0 saturated heterocycles. The first-order chi connectivity index (χ1) is 5.29. The van der Waals surface area contributed by atoms with Crippen molar-refractivity contribution in [3.63, 3.8) is 0 Å². The third kappa shape index (κ3) is 0.827. The maximum absolute atomic E-state index is 4.15. The third-order valence-corrected chi connectivity index (χ3v) is 2.02. The Bertz CT molecular complexity index is 387. The molecule has 0 fully saturated rings. The number of nitrogens with zero attached hydrogens (tertiary/aromatic N) is 1. The van der Waals surface area contributed by atoms with E-state index >= 15 is 0 Å². The number of hydrogen-bond donors (Lipinski definition) is 1. The summed E-state index contributed by atoms with van der Waals surface area (Å²) in [4.78, 5) is 7.35. The van der Waals surface area contributed by atoms with Crippen LogP contribution in [-0.2, 0) is 0 Å². The Morgan fingerprint density at radius 1 is 1.45 bits per heavy atom. The second-order valence-corrected chi connectivity index (χ2v) is 2.71. The summed E-state index contributed by atoms with van der Waals surface area (Å²) in [5.74, 6) is 0. The van der Waals surface area contributed by atoms with Gasteiger partial charge in [0.1, 0.15) is 5.65 Å². The summed E-state index contributed by atoms with van der Waals surface area (Å²) in [5.41, 5.74) is 3.41. The summed E-state index contributed by atoms with van der Waals surface area (Å²) in [6.45, 7) is 4.14. The summed E-state index contributed by atoms with van der Waals surface area (Å²) >= 11 is 0. The van der Waals surface area contributed by atoms with Gasteiger partial charge >= 0.3 is 0 Å². The van der Waals surface area contributed by atoms with E-state index in [4.69, 9.17) is 0 Å². The maximum Gasteiger partial charge on any atom is 0.137 e. The molecule has 2 heterocycles. The molecule has 1 N–H and O–H groups in total. The Kier molecular flexibility index (Phi) is 1.22. The lowest BCUT2D eigenvalue weighted by molar-refractivity contribution is 1.22. The van der Waals surface area contributed by atoms with Crippen LogP contribution in [0.15, 0.2) is 12.3 Å². The molecular weight excluding hydrogens is 136 g/mol. The zero-order valence-corrected chi connectivity index (χ0v) is 6.60. The summed E-state index contributed by atoms with van der Waals surface area (Å²) in [7, 11) is 0. The minimum absolute atomic E-state index is 0.957. The van der Waals surface area contributed by atoms with Crippen molar-refractivity contribution in [3.8, 4) is 0 Å². The monoisotopic (exact) mass is 145 g/mol. The largest absolute Gasteiger partial charge is 0.343 e. The lowest BCUT2D eigenvalue weighted by Gasteiger charge is -1.86. The van der Waals surface area contributed by atoms with E-state index in [9.17, 15) is 0 Å². The molecule has 11 heavy (non-hydrogen) atoms. The Labute approximate surface area is 65.3 Å². The first-order valence-corrected chi connectivity index (χ1v) is 3.60. The van der Waals surface area contributed by atoms with Gasteiger partial charge in [0.25, 0.3) is 0 Å². The standard InChI is InChI=1S/C9H9N2/c1-6-7(2)11-9-8(6)4-3-5-10-9/h4-5H,1-2H3,(H,10,11). The van der Waals surface area contributed by atoms with E-state index in [1.165, 1.54) is 16.6 Å². The van der Waals surface area contributed by atoms with Crippen LogP contribution in [0, 0.1) is 19.9 Å². The number of hydrogen-bond acceptors (Lipinski definition) is 1. The van der Waals surface area contributed by atoms with Crippen LogP contribution < -0.4 is 0 Å². The predicted octanol–water partition coefficient (Wildman–Crippen LogP) is 1.98. The number of aryl methyl sites for hydroxylation is 2. The molecule has 55 valence electrons. The number of aromatic nitrogens is 2. The van der Waals surface area contributed by atoms with E-state index in [1.807, 2.05) is 6.07 Å². The number of rotatable bonds is 0. The average molecular weight is 145 g/mol. The molecule has 2 rings (SSSR count). The van der Waals surface area contributed by atoms with Crippen LogP contribution in [0.4, 0.5) is 0 Å². The van der Waals surface area contributed by atoms with Crippen LogP contribution in [0.1, 0.15) is 11.3 Å². The molecular formula is C9H9N2. The Hall–Kier alpha value is -1.31. The van der Waals surface area contributed by atoms with Gasteiger partial charge in [0.05, 0.1) is 0 Å². The van der Waals surface area contributed by atoms with Crippen LogP contribution in [0.5, 0.6) is 0 Å². The number of pyridine rings is 1. The highest BCUT2D eigenvalue weighted by atomic mass is 14.8. The molecule has 0 bridgehead atoms. The summed E-state index contributed by atoms with van der Waals surface area (Å²) in [6.07, 6.45) is 1.68. The Morgan fingerprint density at radius 3 is 3.00 bits per heavy atom. The minimum atomic E-state index is 0.957. The van der Waals surface area contributed by atoms with Gasteiger partial charge in [0.15, 0.2) is 0 Å². The van der Waals surface area contributed by atoms with Crippen LogP contribution in [0.2, 0.25) is 0 Å². The number of H-pyrrole nitrogens is 1. The van der Waals surface area contributed by atoms with Crippen LogP contribution in [0.3, 0.4) is 0 Å². The lowest BCUT2D eigenvalue weighted by Crippen LogP contribution is -1.72. The molecule has 0 aromatic carbocycles. The van der Waals surface area contributed by atoms with Gasteiger partial charge in [-0.3, -0.25) is 0 Å². The maximum atomic E-state index is 4.15. The van der Waals surface area contributed by atoms with E-state index in [2.05, 4.69) is 29.9 Å². The number of nitrogens with one attached hydrogen (secondary N) is 1. The first-order valence-electron chi connectivity index (χ1n) is 3.60. The molecule has 2 aromatic heterocycles. The van der Waals surface area contributed by atoms with E-state index in [0.29, 0.717) is 0 Å². The zero-order valence-electron chi connectivity index (χ0n) is 6.60. The summed E-state index contributed by atoms with van der Waals surface area (Å²) in [5, 5.41) is 1.17. The van der Waals surface area contributed by atoms with Crippen molar-refractivity contribution in [2.75, 3.05) is 0 Å². The Morgan fingerprint density at radius 2 is 2.27 bits per heavy atom. The second-order valence-electron chi connectivity index (χ2n) is 2.71. The van der Waals surface area contributed by atoms with Crippen LogP contribution in [0.25, 0.3) is 11.0 Å². The van der Waals surface area contributed by atoms with Crippen molar-refractivity contribution in [2.45, 2.75) is 13.8 Å². The van der Waals surface area contributed by atoms with Gasteiger partial charge in [-0.25, -0.2) is 4.98 Å². The normalized spacial score (nSPS) is 10.7. The molecule has 0 spiro atoms. The highest BCUT2D eigenvalue weighted by Gasteiger charge is 2.02. The molecule has 2 heteroatoms. The van der Waals surface area contributed by atoms with Gasteiger partial charge in [-0.2, -0.15) is 0 Å². The average Bonchev–Trinajstić information content (AvgIpc) is 2.30. The highest BCUT2D eigenvalue weighted by molar-refractivity contribution is 5.80. The van der Waals surface area contributed by atoms with Crippen molar-refractivity contribution in [1.82, 2.24) is 9.97 Å². The predicted molar refractivity (Wildman–Crippen MR) is 44.4 cm³/mol. The molecule has 2 aromatic rings. The van der Waals surface area contributed by atoms with Crippen LogP contribution >= 0.6 is 0 Å². The van der Waals surface area contributed by atoms with Crippen LogP contribution in [-0.4, -0.2) is 9.97 Å². The number of fused-ring (bicyclic) bond motifs is 1. The topological polar surface area (TPSA) is 28.7 Å². The molecule has 0 aliphatic carbocycles. The minimum Gasteiger partial charge on any atom is -0.343 e. The lowest BCUT2D eigenvalue weighted by atomic mass is 10.2. The fraction of sp³-hybridized carbons (Fsp3) is 0.222. The summed E-state index contributed by atoms with van der Waals surface area (Å²) < 4.78 is 0. The first kappa shape index (κ1) is 6.40. The van der Waals surface area contributed by atoms with Gasteiger partial charge in [-0.1, -0.05) is 0 Å². The van der Waals surface area contributed by atoms with E-state index in [-0.39, 0.29) is 0 Å². The van der Waals surface area contributed by atoms with Crippen molar-refractivity contribution in [2.24, 2.45) is 0 Å². The SMILES string of the molecule is Cc1[nH]c2nc[c]cc2c1C. The second kappa shape index (κ2) is 2.09. The molecule has 1 radical (unpaired) electrons. The van der Waals surface area contributed by atoms with Crippen molar-refractivity contribution >= 4 is 11.0 Å². The quantitative estimate of drug-likeness (QED) is 0.603. The Balaban J connectivity index is 2.92. The molecule has 2 nitrogen and oxygen atoms in total. The van der Waals surface area contributed by atoms with Gasteiger partial charge in [0.2, 0.25) is 0 Å². The molecule has 0 aliphatic heterocycles. The molecule has 0 amide bonds. The summed E-state index contributed by atoms with van der Waals surface area (Å²) in [6, 6.07) is 4.92. The zero-order chi connectivity index (χ0) is 7.84. The molecule has 0 saturated carbocycles. The molecule has 0 aliphatic rings. The van der Waals surface area contributed by atoms with E-state index in [1.54, 1.807) is 6.20 Å². The van der Waals surface area contributed by atoms with Crippen molar-refractivity contribution < 1.29 is 0 Å². The van der Waals surface area contributed by atoms with Crippen molar-refractivity contribution in [3.05, 3.63) is 29.6 Å². The van der Waals surface area contributed by atoms with Gasteiger partial charge in [0, 0.05) is 23.3 Å². The highest BCUT2D eigenvalue weighted by Crippen LogP contribution is 2.17. The fourth-order valence-corrected chi connectivity index (χ4v) is 1.22. The molecule has 0 atom stereocenters. The van der Waals surface area contributed by atoms with Crippen molar-refractivity contribution in [1.29, 1.82) is 0 Å².